The van der Waals surface area contributed by atoms with Crippen LogP contribution in [-0.2, 0) is 9.47 Å². The molecule has 0 bridgehead atoms. The Bertz CT molecular complexity index is 1920. The number of nitrogens with two attached hydrogens (primary N) is 1. The van der Waals surface area contributed by atoms with Crippen LogP contribution in [-0.4, -0.2) is 120 Å². The van der Waals surface area contributed by atoms with E-state index >= 15 is 4.39 Å². The van der Waals surface area contributed by atoms with E-state index in [0.29, 0.717) is 34.7 Å². The number of hydrogen-bond donors (Lipinski definition) is 4. The summed E-state index contributed by atoms with van der Waals surface area (Å²) >= 11 is 6.54. The van der Waals surface area contributed by atoms with Gasteiger partial charge in [0.1, 0.15) is 22.4 Å². The SMILES string of the molecule is COc1nc(-c2c(C)c(Cl)cc(N)c2C=N)c(F)c2nc(OCC34CCCC3N(C3CCC5(CCOC5)CC3)CCC4)nc(N3CC(O)CO[C@@H](CO)C3)c12. The van der Waals surface area contributed by atoms with Gasteiger partial charge in [0, 0.05) is 65.2 Å². The number of aliphatic hydroxyl groups is 2. The summed E-state index contributed by atoms with van der Waals surface area (Å²) in [6.07, 6.45) is 10.9. The molecule has 3 saturated heterocycles. The number of rotatable bonds is 9. The molecule has 298 valence electrons. The van der Waals surface area contributed by atoms with Gasteiger partial charge in [0.2, 0.25) is 5.88 Å². The summed E-state index contributed by atoms with van der Waals surface area (Å²) in [6.45, 7) is 4.95. The second-order valence-corrected chi connectivity index (χ2v) is 16.9. The number of β-amino-alcohol motifs (C(OH)–C–C–N with tert-alkyl or cyclic N) is 1. The van der Waals surface area contributed by atoms with Crippen LogP contribution in [0.15, 0.2) is 6.07 Å². The highest BCUT2D eigenvalue weighted by atomic mass is 35.5. The number of fused-ring (bicyclic) bond motifs is 2. The Morgan fingerprint density at radius 3 is 2.65 bits per heavy atom. The number of halogens is 2. The molecule has 5 N–H and O–H groups in total. The molecular formula is C40H53ClFN7O6. The Morgan fingerprint density at radius 1 is 1.13 bits per heavy atom. The normalized spacial score (nSPS) is 30.1. The van der Waals surface area contributed by atoms with E-state index in [1.54, 1.807) is 11.8 Å². The molecule has 3 aromatic rings. The first-order chi connectivity index (χ1) is 26.6. The number of nitrogens with zero attached hydrogens (tertiary/aromatic N) is 5. The van der Waals surface area contributed by atoms with Gasteiger partial charge in [-0.3, -0.25) is 4.90 Å². The maximum absolute atomic E-state index is 17.3. The van der Waals surface area contributed by atoms with Gasteiger partial charge in [-0.1, -0.05) is 18.0 Å². The van der Waals surface area contributed by atoms with Crippen LogP contribution in [0.5, 0.6) is 11.9 Å². The number of aromatic nitrogens is 3. The molecule has 2 aliphatic carbocycles. The molecule has 0 amide bonds. The smallest absolute Gasteiger partial charge is 0.319 e. The van der Waals surface area contributed by atoms with E-state index < -0.39 is 18.0 Å². The fourth-order valence-corrected chi connectivity index (χ4v) is 10.6. The van der Waals surface area contributed by atoms with E-state index in [0.717, 1.165) is 58.1 Å². The number of aliphatic hydroxyl groups excluding tert-OH is 2. The molecule has 2 aromatic heterocycles. The van der Waals surface area contributed by atoms with Crippen LogP contribution in [0.4, 0.5) is 15.9 Å². The molecule has 5 fully saturated rings. The highest BCUT2D eigenvalue weighted by Gasteiger charge is 2.51. The molecule has 15 heteroatoms. The standard InChI is InChI=1S/C40H53ClFN7O6/c1-23-28(41)15-29(44)27(16-43)31(23)34-33(42)35-32(37(45-34)52-2)36(48-17-25(51)20-54-26(18-48)19-50)47-38(46-35)55-22-40-8-3-5-30(40)49(13-4-9-40)24-6-10-39(11-7-24)12-14-53-21-39/h15-16,24-26,30,43,50-51H,3-14,17-22,44H2,1-2H3/t24?,25?,26-,30?,39?,40?/m1/s1. The van der Waals surface area contributed by atoms with Crippen molar-refractivity contribution in [1.82, 2.24) is 19.9 Å². The molecule has 0 radical (unpaired) electrons. The largest absolute Gasteiger partial charge is 0.480 e. The molecule has 1 spiro atoms. The van der Waals surface area contributed by atoms with Crippen molar-refractivity contribution in [2.75, 3.05) is 70.4 Å². The molecule has 2 saturated carbocycles. The Kier molecular flexibility index (Phi) is 10.8. The molecule has 3 unspecified atom stereocenters. The molecule has 4 atom stereocenters. The molecule has 1 aromatic carbocycles. The summed E-state index contributed by atoms with van der Waals surface area (Å²) in [7, 11) is 1.42. The lowest BCUT2D eigenvalue weighted by atomic mass is 9.69. The van der Waals surface area contributed by atoms with Crippen LogP contribution in [0.25, 0.3) is 22.2 Å². The van der Waals surface area contributed by atoms with Gasteiger partial charge in [-0.15, -0.1) is 0 Å². The highest BCUT2D eigenvalue weighted by molar-refractivity contribution is 6.32. The van der Waals surface area contributed by atoms with Crippen molar-refractivity contribution in [3.63, 3.8) is 0 Å². The number of benzene rings is 1. The predicted octanol–water partition coefficient (Wildman–Crippen LogP) is 5.30. The van der Waals surface area contributed by atoms with E-state index in [9.17, 15) is 10.2 Å². The van der Waals surface area contributed by atoms with Crippen molar-refractivity contribution in [3.05, 3.63) is 28.0 Å². The zero-order chi connectivity index (χ0) is 38.5. The van der Waals surface area contributed by atoms with Crippen LogP contribution in [0.1, 0.15) is 75.3 Å². The molecule has 5 aliphatic rings. The number of nitrogens with one attached hydrogen (secondary N) is 1. The van der Waals surface area contributed by atoms with Crippen LogP contribution >= 0.6 is 11.6 Å². The van der Waals surface area contributed by atoms with Gasteiger partial charge >= 0.3 is 6.01 Å². The van der Waals surface area contributed by atoms with Crippen molar-refractivity contribution >= 4 is 40.2 Å². The highest BCUT2D eigenvalue weighted by Crippen LogP contribution is 2.52. The fraction of sp³-hybridized carbons (Fsp3) is 0.650. The number of likely N-dealkylation sites (tertiary alicyclic amines) is 1. The predicted molar refractivity (Wildman–Crippen MR) is 208 cm³/mol. The average Bonchev–Trinajstić information content (AvgIpc) is 3.79. The number of ether oxygens (including phenoxy) is 4. The number of methoxy groups -OCH3 is 1. The van der Waals surface area contributed by atoms with Crippen LogP contribution in [0.3, 0.4) is 0 Å². The minimum Gasteiger partial charge on any atom is -0.480 e. The van der Waals surface area contributed by atoms with Gasteiger partial charge in [0.25, 0.3) is 0 Å². The van der Waals surface area contributed by atoms with E-state index in [4.69, 9.17) is 51.7 Å². The van der Waals surface area contributed by atoms with Crippen molar-refractivity contribution in [1.29, 1.82) is 5.41 Å². The van der Waals surface area contributed by atoms with E-state index in [2.05, 4.69) is 9.88 Å². The molecule has 8 rings (SSSR count). The van der Waals surface area contributed by atoms with E-state index in [-0.39, 0.29) is 82.8 Å². The average molecular weight is 782 g/mol. The van der Waals surface area contributed by atoms with Crippen molar-refractivity contribution in [3.8, 4) is 23.1 Å². The number of hydrogen-bond acceptors (Lipinski definition) is 13. The first-order valence-corrected chi connectivity index (χ1v) is 20.1. The Balaban J connectivity index is 1.19. The third kappa shape index (κ3) is 7.01. The molecule has 5 heterocycles. The molecular weight excluding hydrogens is 729 g/mol. The van der Waals surface area contributed by atoms with E-state index in [1.165, 1.54) is 45.3 Å². The first kappa shape index (κ1) is 38.5. The van der Waals surface area contributed by atoms with Crippen molar-refractivity contribution in [2.24, 2.45) is 10.8 Å². The molecule has 13 nitrogen and oxygen atoms in total. The summed E-state index contributed by atoms with van der Waals surface area (Å²) in [6, 6.07) is 2.46. The Hall–Kier alpha value is -3.40. The van der Waals surface area contributed by atoms with Gasteiger partial charge < -0.3 is 45.2 Å². The summed E-state index contributed by atoms with van der Waals surface area (Å²) in [4.78, 5) is 18.8. The molecule has 55 heavy (non-hydrogen) atoms. The fourth-order valence-electron chi connectivity index (χ4n) is 10.3. The zero-order valence-corrected chi connectivity index (χ0v) is 32.5. The quantitative estimate of drug-likeness (QED) is 0.163. The van der Waals surface area contributed by atoms with Crippen LogP contribution < -0.4 is 20.1 Å². The number of pyridine rings is 1. The topological polar surface area (TPSA) is 172 Å². The lowest BCUT2D eigenvalue weighted by Gasteiger charge is -2.51. The lowest BCUT2D eigenvalue weighted by Crippen LogP contribution is -2.56. The third-order valence-electron chi connectivity index (χ3n) is 13.3. The van der Waals surface area contributed by atoms with Gasteiger partial charge in [-0.2, -0.15) is 9.97 Å². The zero-order valence-electron chi connectivity index (χ0n) is 31.8. The summed E-state index contributed by atoms with van der Waals surface area (Å²) in [5, 5.41) is 29.6. The maximum Gasteiger partial charge on any atom is 0.319 e. The summed E-state index contributed by atoms with van der Waals surface area (Å²) in [5.74, 6) is -0.519. The number of nitrogen functional groups attached to an aromatic ring is 1. The van der Waals surface area contributed by atoms with Gasteiger partial charge in [-0.05, 0) is 88.3 Å². The minimum absolute atomic E-state index is 0.00611. The Labute approximate surface area is 326 Å². The second-order valence-electron chi connectivity index (χ2n) is 16.5. The van der Waals surface area contributed by atoms with Gasteiger partial charge in [0.05, 0.1) is 45.7 Å². The van der Waals surface area contributed by atoms with Gasteiger partial charge in [0.15, 0.2) is 5.82 Å². The Morgan fingerprint density at radius 2 is 1.93 bits per heavy atom. The molecule has 3 aliphatic heterocycles. The summed E-state index contributed by atoms with van der Waals surface area (Å²) in [5.41, 5.74) is 7.52. The van der Waals surface area contributed by atoms with Gasteiger partial charge in [-0.25, -0.2) is 9.37 Å². The third-order valence-corrected chi connectivity index (χ3v) is 13.7. The van der Waals surface area contributed by atoms with Crippen LogP contribution in [0, 0.1) is 29.0 Å². The number of piperidine rings is 1. The lowest BCUT2D eigenvalue weighted by molar-refractivity contribution is -0.0405. The van der Waals surface area contributed by atoms with Crippen molar-refractivity contribution in [2.45, 2.75) is 95.4 Å². The van der Waals surface area contributed by atoms with Crippen LogP contribution in [0.2, 0.25) is 5.02 Å². The minimum atomic E-state index is -0.913. The van der Waals surface area contributed by atoms with E-state index in [1.807, 2.05) is 0 Å². The monoisotopic (exact) mass is 781 g/mol. The van der Waals surface area contributed by atoms with Crippen molar-refractivity contribution < 1.29 is 33.6 Å². The second kappa shape index (κ2) is 15.5. The first-order valence-electron chi connectivity index (χ1n) is 19.8. The summed E-state index contributed by atoms with van der Waals surface area (Å²) < 4.78 is 41.3. The maximum atomic E-state index is 17.3. The number of anilines is 2.